The normalized spacial score (nSPS) is 44.4. The van der Waals surface area contributed by atoms with E-state index in [0.717, 1.165) is 50.1 Å². The third kappa shape index (κ3) is 1.78. The highest BCUT2D eigenvalue weighted by molar-refractivity contribution is 5.63. The molecular weight excluding hydrogens is 366 g/mol. The number of fused-ring (bicyclic) bond motifs is 2. The van der Waals surface area contributed by atoms with Gasteiger partial charge in [0, 0.05) is 35.5 Å². The SMILES string of the molecule is COc1ccc2c3c1O[C@@H]1[C@@]4(OC)CC[C@]5(C[C@@H]4C(C)(C)O)[C@@H](C2)N(C)CC[C@]315. The molecule has 3 saturated carbocycles. The van der Waals surface area contributed by atoms with Crippen molar-refractivity contribution in [2.75, 3.05) is 27.8 Å². The van der Waals surface area contributed by atoms with E-state index in [0.29, 0.717) is 6.04 Å². The minimum Gasteiger partial charge on any atom is -0.493 e. The Morgan fingerprint density at radius 1 is 1.21 bits per heavy atom. The molecule has 2 heterocycles. The van der Waals surface area contributed by atoms with Gasteiger partial charge in [-0.1, -0.05) is 6.07 Å². The Labute approximate surface area is 173 Å². The fourth-order valence-electron chi connectivity index (χ4n) is 8.66. The third-order valence-electron chi connectivity index (χ3n) is 9.68. The van der Waals surface area contributed by atoms with Gasteiger partial charge < -0.3 is 24.2 Å². The summed E-state index contributed by atoms with van der Waals surface area (Å²) in [6.45, 7) is 4.99. The molecule has 29 heavy (non-hydrogen) atoms. The van der Waals surface area contributed by atoms with E-state index in [4.69, 9.17) is 14.2 Å². The molecule has 1 saturated heterocycles. The molecule has 0 amide bonds. The first-order valence-corrected chi connectivity index (χ1v) is 11.1. The van der Waals surface area contributed by atoms with E-state index in [1.165, 1.54) is 11.1 Å². The molecule has 158 valence electrons. The predicted octanol–water partition coefficient (Wildman–Crippen LogP) is 2.91. The lowest BCUT2D eigenvalue weighted by atomic mass is 9.34. The molecule has 0 aromatic heterocycles. The first-order chi connectivity index (χ1) is 13.7. The molecule has 0 unspecified atom stereocenters. The lowest BCUT2D eigenvalue weighted by molar-refractivity contribution is -0.298. The molecule has 2 aliphatic heterocycles. The Bertz CT molecular complexity index is 894. The Hall–Kier alpha value is -1.30. The van der Waals surface area contributed by atoms with Crippen molar-refractivity contribution in [2.45, 2.75) is 74.7 Å². The van der Waals surface area contributed by atoms with Crippen LogP contribution in [-0.2, 0) is 16.6 Å². The van der Waals surface area contributed by atoms with E-state index in [2.05, 4.69) is 24.1 Å². The highest BCUT2D eigenvalue weighted by Gasteiger charge is 2.81. The number of hydrogen-bond acceptors (Lipinski definition) is 5. The van der Waals surface area contributed by atoms with Crippen molar-refractivity contribution >= 4 is 0 Å². The van der Waals surface area contributed by atoms with E-state index in [1.54, 1.807) is 7.11 Å². The molecule has 5 heteroatoms. The first-order valence-electron chi connectivity index (χ1n) is 11.1. The van der Waals surface area contributed by atoms with Crippen LogP contribution in [0.5, 0.6) is 11.5 Å². The number of aliphatic hydroxyl groups is 1. The molecule has 6 aliphatic rings. The zero-order valence-electron chi connectivity index (χ0n) is 18.2. The van der Waals surface area contributed by atoms with Gasteiger partial charge in [0.2, 0.25) is 0 Å². The summed E-state index contributed by atoms with van der Waals surface area (Å²) in [5.41, 5.74) is 1.60. The molecule has 2 spiro atoms. The molecule has 4 bridgehead atoms. The lowest BCUT2D eigenvalue weighted by Gasteiger charge is -2.74. The van der Waals surface area contributed by atoms with Gasteiger partial charge in [-0.15, -0.1) is 0 Å². The molecule has 0 radical (unpaired) electrons. The second kappa shape index (κ2) is 5.30. The first kappa shape index (κ1) is 18.5. The van der Waals surface area contributed by atoms with E-state index >= 15 is 0 Å². The van der Waals surface area contributed by atoms with Gasteiger partial charge in [0.25, 0.3) is 0 Å². The number of ether oxygens (including phenoxy) is 3. The van der Waals surface area contributed by atoms with Gasteiger partial charge in [-0.25, -0.2) is 0 Å². The highest BCUT2D eigenvalue weighted by atomic mass is 16.6. The average Bonchev–Trinajstić information content (AvgIpc) is 3.06. The summed E-state index contributed by atoms with van der Waals surface area (Å²) in [6, 6.07) is 4.82. The fraction of sp³-hybridized carbons (Fsp3) is 0.750. The minimum absolute atomic E-state index is 0.0440. The van der Waals surface area contributed by atoms with E-state index in [9.17, 15) is 5.11 Å². The van der Waals surface area contributed by atoms with Gasteiger partial charge in [-0.05, 0) is 71.2 Å². The Kier molecular flexibility index (Phi) is 3.37. The van der Waals surface area contributed by atoms with E-state index in [1.807, 2.05) is 21.0 Å². The van der Waals surface area contributed by atoms with Crippen LogP contribution in [0.1, 0.15) is 50.7 Å². The van der Waals surface area contributed by atoms with Crippen LogP contribution in [0, 0.1) is 11.3 Å². The predicted molar refractivity (Wildman–Crippen MR) is 110 cm³/mol. The standard InChI is InChI=1S/C24H33NO4/c1-21(2,26)16-13-22-8-9-24(16,28-5)20-23(22)10-11-25(3)17(22)12-14-6-7-15(27-4)19(29-20)18(14)23/h6-7,16-17,20,26H,8-13H2,1-5H3/t16-,17-,20+,22+,23+,24-/m1/s1. The largest absolute Gasteiger partial charge is 0.493 e. The number of likely N-dealkylation sites (tertiary alicyclic amines) is 1. The van der Waals surface area contributed by atoms with Gasteiger partial charge in [-0.3, -0.25) is 0 Å². The third-order valence-corrected chi connectivity index (χ3v) is 9.68. The van der Waals surface area contributed by atoms with Gasteiger partial charge in [0.15, 0.2) is 11.5 Å². The van der Waals surface area contributed by atoms with Crippen molar-refractivity contribution in [1.82, 2.24) is 4.90 Å². The van der Waals surface area contributed by atoms with Gasteiger partial charge >= 0.3 is 0 Å². The monoisotopic (exact) mass is 399 g/mol. The number of benzene rings is 1. The van der Waals surface area contributed by atoms with Crippen LogP contribution in [0.25, 0.3) is 0 Å². The number of methoxy groups -OCH3 is 2. The molecule has 1 aromatic rings. The number of rotatable bonds is 3. The van der Waals surface area contributed by atoms with Crippen molar-refractivity contribution in [1.29, 1.82) is 0 Å². The Balaban J connectivity index is 1.68. The summed E-state index contributed by atoms with van der Waals surface area (Å²) in [4.78, 5) is 2.58. The smallest absolute Gasteiger partial charge is 0.165 e. The second-order valence-corrected chi connectivity index (χ2v) is 10.8. The number of hydrogen-bond donors (Lipinski definition) is 1. The van der Waals surface area contributed by atoms with Gasteiger partial charge in [-0.2, -0.15) is 0 Å². The summed E-state index contributed by atoms with van der Waals surface area (Å²) in [6.07, 6.45) is 5.15. The summed E-state index contributed by atoms with van der Waals surface area (Å²) >= 11 is 0. The maximum absolute atomic E-state index is 11.3. The molecule has 4 aliphatic carbocycles. The van der Waals surface area contributed by atoms with Crippen LogP contribution in [-0.4, -0.2) is 61.2 Å². The van der Waals surface area contributed by atoms with E-state index < -0.39 is 11.2 Å². The summed E-state index contributed by atoms with van der Waals surface area (Å²) in [7, 11) is 5.85. The van der Waals surface area contributed by atoms with Gasteiger partial charge in [0.1, 0.15) is 11.7 Å². The molecule has 6 atom stereocenters. The van der Waals surface area contributed by atoms with Crippen LogP contribution in [0.3, 0.4) is 0 Å². The fourth-order valence-corrected chi connectivity index (χ4v) is 8.66. The summed E-state index contributed by atoms with van der Waals surface area (Å²) < 4.78 is 19.1. The minimum atomic E-state index is -0.819. The quantitative estimate of drug-likeness (QED) is 0.847. The second-order valence-electron chi connectivity index (χ2n) is 10.8. The van der Waals surface area contributed by atoms with Crippen molar-refractivity contribution in [3.63, 3.8) is 0 Å². The van der Waals surface area contributed by atoms with Crippen LogP contribution >= 0.6 is 0 Å². The number of nitrogens with zero attached hydrogens (tertiary/aromatic N) is 1. The zero-order chi connectivity index (χ0) is 20.4. The van der Waals surface area contributed by atoms with Crippen LogP contribution in [0.4, 0.5) is 0 Å². The molecule has 5 nitrogen and oxygen atoms in total. The maximum Gasteiger partial charge on any atom is 0.165 e. The van der Waals surface area contributed by atoms with E-state index in [-0.39, 0.29) is 22.9 Å². The average molecular weight is 400 g/mol. The van der Waals surface area contributed by atoms with Gasteiger partial charge in [0.05, 0.1) is 12.7 Å². The van der Waals surface area contributed by atoms with Crippen LogP contribution < -0.4 is 9.47 Å². The molecule has 1 N–H and O–H groups in total. The highest BCUT2D eigenvalue weighted by Crippen LogP contribution is 2.77. The number of piperidine rings is 1. The molecule has 7 rings (SSSR count). The topological polar surface area (TPSA) is 51.2 Å². The Morgan fingerprint density at radius 2 is 2.00 bits per heavy atom. The number of likely N-dealkylation sites (N-methyl/N-ethyl adjacent to an activating group) is 1. The molecule has 1 aromatic carbocycles. The molecule has 4 fully saturated rings. The van der Waals surface area contributed by atoms with Crippen molar-refractivity contribution in [3.05, 3.63) is 23.3 Å². The summed E-state index contributed by atoms with van der Waals surface area (Å²) in [5.74, 6) is 1.83. The van der Waals surface area contributed by atoms with Crippen LogP contribution in [0.2, 0.25) is 0 Å². The lowest BCUT2D eigenvalue weighted by Crippen LogP contribution is -2.82. The Morgan fingerprint density at radius 3 is 2.69 bits per heavy atom. The van der Waals surface area contributed by atoms with Crippen molar-refractivity contribution in [3.8, 4) is 11.5 Å². The molecular formula is C24H33NO4. The zero-order valence-corrected chi connectivity index (χ0v) is 18.2. The van der Waals surface area contributed by atoms with Crippen molar-refractivity contribution < 1.29 is 19.3 Å². The summed E-state index contributed by atoms with van der Waals surface area (Å²) in [5, 5.41) is 11.3. The maximum atomic E-state index is 11.3. The van der Waals surface area contributed by atoms with Crippen molar-refractivity contribution in [2.24, 2.45) is 11.3 Å². The van der Waals surface area contributed by atoms with Crippen LogP contribution in [0.15, 0.2) is 12.1 Å².